The van der Waals surface area contributed by atoms with Crippen molar-refractivity contribution in [1.29, 1.82) is 0 Å². The summed E-state index contributed by atoms with van der Waals surface area (Å²) in [4.78, 5) is 35.9. The Hall–Kier alpha value is -4.34. The van der Waals surface area contributed by atoms with Crippen LogP contribution in [0.2, 0.25) is 0 Å². The molecule has 2 aromatic carbocycles. The fraction of sp³-hybridized carbons (Fsp3) is 0.143. The van der Waals surface area contributed by atoms with E-state index in [1.165, 1.54) is 32.4 Å². The number of H-pyrrole nitrogens is 1. The maximum absolute atomic E-state index is 12.4. The van der Waals surface area contributed by atoms with Crippen LogP contribution in [0.1, 0.15) is 20.8 Å². The Kier molecular flexibility index (Phi) is 6.84. The Morgan fingerprint density at radius 2 is 1.68 bits per heavy atom. The van der Waals surface area contributed by atoms with Crippen molar-refractivity contribution in [3.63, 3.8) is 0 Å². The number of ether oxygens (including phenoxy) is 3. The summed E-state index contributed by atoms with van der Waals surface area (Å²) in [6, 6.07) is 15.3. The van der Waals surface area contributed by atoms with Crippen LogP contribution in [0.5, 0.6) is 11.5 Å². The lowest BCUT2D eigenvalue weighted by molar-refractivity contribution is -0.142. The summed E-state index contributed by atoms with van der Waals surface area (Å²) in [6.45, 7) is -0.302. The Morgan fingerprint density at radius 1 is 0.935 bits per heavy atom. The molecule has 160 valence electrons. The molecule has 0 atom stereocenters. The molecule has 31 heavy (non-hydrogen) atoms. The van der Waals surface area contributed by atoms with E-state index in [-0.39, 0.29) is 29.4 Å². The average molecular weight is 424 g/mol. The maximum Gasteiger partial charge on any atom is 0.343 e. The van der Waals surface area contributed by atoms with Crippen LogP contribution >= 0.6 is 0 Å². The van der Waals surface area contributed by atoms with Crippen molar-refractivity contribution in [2.75, 3.05) is 20.8 Å². The molecule has 3 aromatic rings. The highest BCUT2D eigenvalue weighted by Crippen LogP contribution is 2.28. The van der Waals surface area contributed by atoms with Crippen LogP contribution in [0, 0.1) is 0 Å². The standard InChI is InChI=1S/C21H20N4O6/c1-29-18-10-14(8-9-17(18)31-12-19(26)30-2)20(27)24-25-21(28)16-11-15(22-23-16)13-6-4-3-5-7-13/h3-11H,12H2,1-2H3,(H,22,23)(H,24,27)(H,25,28). The second kappa shape index (κ2) is 9.92. The maximum atomic E-state index is 12.4. The Balaban J connectivity index is 1.60. The first-order valence-electron chi connectivity index (χ1n) is 9.11. The van der Waals surface area contributed by atoms with Gasteiger partial charge in [0.05, 0.1) is 19.9 Å². The molecule has 10 nitrogen and oxygen atoms in total. The third-order valence-electron chi connectivity index (χ3n) is 4.18. The van der Waals surface area contributed by atoms with Crippen molar-refractivity contribution in [1.82, 2.24) is 21.0 Å². The smallest absolute Gasteiger partial charge is 0.343 e. The van der Waals surface area contributed by atoms with Crippen LogP contribution < -0.4 is 20.3 Å². The zero-order chi connectivity index (χ0) is 22.2. The number of nitrogens with one attached hydrogen (secondary N) is 3. The first-order valence-corrected chi connectivity index (χ1v) is 9.11. The first-order chi connectivity index (χ1) is 15.0. The fourth-order valence-electron chi connectivity index (χ4n) is 2.57. The molecule has 0 saturated heterocycles. The third kappa shape index (κ3) is 5.38. The Labute approximate surface area is 177 Å². The number of amides is 2. The van der Waals surface area contributed by atoms with Crippen molar-refractivity contribution < 1.29 is 28.6 Å². The van der Waals surface area contributed by atoms with E-state index in [9.17, 15) is 14.4 Å². The van der Waals surface area contributed by atoms with Gasteiger partial charge in [0.2, 0.25) is 0 Å². The summed E-state index contributed by atoms with van der Waals surface area (Å²) < 4.78 is 15.0. The Morgan fingerprint density at radius 3 is 2.39 bits per heavy atom. The van der Waals surface area contributed by atoms with Gasteiger partial charge >= 0.3 is 5.97 Å². The molecule has 1 aromatic heterocycles. The highest BCUT2D eigenvalue weighted by molar-refractivity contribution is 5.99. The van der Waals surface area contributed by atoms with Gasteiger partial charge < -0.3 is 14.2 Å². The lowest BCUT2D eigenvalue weighted by Crippen LogP contribution is -2.41. The summed E-state index contributed by atoms with van der Waals surface area (Å²) >= 11 is 0. The van der Waals surface area contributed by atoms with E-state index in [0.29, 0.717) is 5.69 Å². The van der Waals surface area contributed by atoms with E-state index in [2.05, 4.69) is 25.8 Å². The van der Waals surface area contributed by atoms with Gasteiger partial charge in [-0.2, -0.15) is 5.10 Å². The van der Waals surface area contributed by atoms with Gasteiger partial charge in [-0.05, 0) is 24.3 Å². The lowest BCUT2D eigenvalue weighted by Gasteiger charge is -2.12. The SMILES string of the molecule is COC(=O)COc1ccc(C(=O)NNC(=O)c2cc(-c3ccccc3)n[nH]2)cc1OC. The number of hydrogen-bond donors (Lipinski definition) is 3. The minimum absolute atomic E-state index is 0.184. The predicted octanol–water partition coefficient (Wildman–Crippen LogP) is 1.71. The van der Waals surface area contributed by atoms with E-state index in [1.54, 1.807) is 6.07 Å². The van der Waals surface area contributed by atoms with Gasteiger partial charge in [0.25, 0.3) is 11.8 Å². The quantitative estimate of drug-likeness (QED) is 0.389. The number of aromatic amines is 1. The highest BCUT2D eigenvalue weighted by atomic mass is 16.6. The van der Waals surface area contributed by atoms with Crippen molar-refractivity contribution in [2.24, 2.45) is 0 Å². The third-order valence-corrected chi connectivity index (χ3v) is 4.18. The van der Waals surface area contributed by atoms with Gasteiger partial charge in [0, 0.05) is 11.1 Å². The molecule has 2 amide bonds. The summed E-state index contributed by atoms with van der Waals surface area (Å²) in [5.74, 6) is -1.19. The van der Waals surface area contributed by atoms with E-state index in [1.807, 2.05) is 30.3 Å². The van der Waals surface area contributed by atoms with Crippen LogP contribution in [-0.4, -0.2) is 48.8 Å². The zero-order valence-corrected chi connectivity index (χ0v) is 16.8. The second-order valence-corrected chi connectivity index (χ2v) is 6.17. The van der Waals surface area contributed by atoms with Gasteiger partial charge in [-0.15, -0.1) is 0 Å². The van der Waals surface area contributed by atoms with E-state index >= 15 is 0 Å². The number of hydrazine groups is 1. The number of carbonyl (C=O) groups is 3. The van der Waals surface area contributed by atoms with Crippen molar-refractivity contribution in [3.05, 3.63) is 65.9 Å². The van der Waals surface area contributed by atoms with Crippen LogP contribution in [0.4, 0.5) is 0 Å². The normalized spacial score (nSPS) is 10.1. The minimum Gasteiger partial charge on any atom is -0.493 e. The number of rotatable bonds is 7. The van der Waals surface area contributed by atoms with E-state index < -0.39 is 17.8 Å². The molecular formula is C21H20N4O6. The van der Waals surface area contributed by atoms with Crippen molar-refractivity contribution in [2.45, 2.75) is 0 Å². The number of methoxy groups -OCH3 is 2. The molecule has 3 N–H and O–H groups in total. The molecule has 0 aliphatic carbocycles. The fourth-order valence-corrected chi connectivity index (χ4v) is 2.57. The lowest BCUT2D eigenvalue weighted by atomic mass is 10.1. The Bertz CT molecular complexity index is 1080. The number of hydrogen-bond acceptors (Lipinski definition) is 7. The van der Waals surface area contributed by atoms with Gasteiger partial charge in [-0.1, -0.05) is 30.3 Å². The second-order valence-electron chi connectivity index (χ2n) is 6.17. The number of nitrogens with zero attached hydrogens (tertiary/aromatic N) is 1. The average Bonchev–Trinajstić information content (AvgIpc) is 3.31. The van der Waals surface area contributed by atoms with Crippen LogP contribution in [0.15, 0.2) is 54.6 Å². The molecule has 0 aliphatic rings. The van der Waals surface area contributed by atoms with E-state index in [4.69, 9.17) is 9.47 Å². The molecule has 0 bridgehead atoms. The summed E-state index contributed by atoms with van der Waals surface area (Å²) in [6.07, 6.45) is 0. The highest BCUT2D eigenvalue weighted by Gasteiger charge is 2.15. The van der Waals surface area contributed by atoms with Gasteiger partial charge in [-0.25, -0.2) is 4.79 Å². The number of carbonyl (C=O) groups excluding carboxylic acids is 3. The number of aromatic nitrogens is 2. The van der Waals surface area contributed by atoms with Crippen molar-refractivity contribution >= 4 is 17.8 Å². The van der Waals surface area contributed by atoms with Crippen molar-refractivity contribution in [3.8, 4) is 22.8 Å². The van der Waals surface area contributed by atoms with Gasteiger partial charge in [-0.3, -0.25) is 25.5 Å². The van der Waals surface area contributed by atoms with Crippen LogP contribution in [0.25, 0.3) is 11.3 Å². The van der Waals surface area contributed by atoms with Crippen LogP contribution in [-0.2, 0) is 9.53 Å². The topological polar surface area (TPSA) is 132 Å². The molecule has 0 unspecified atom stereocenters. The number of benzene rings is 2. The molecule has 0 fully saturated rings. The molecule has 0 spiro atoms. The van der Waals surface area contributed by atoms with Crippen LogP contribution in [0.3, 0.4) is 0 Å². The molecule has 1 heterocycles. The molecule has 10 heteroatoms. The predicted molar refractivity (Wildman–Crippen MR) is 109 cm³/mol. The summed E-state index contributed by atoms with van der Waals surface area (Å²) in [7, 11) is 2.64. The van der Waals surface area contributed by atoms with E-state index in [0.717, 1.165) is 5.56 Å². The largest absolute Gasteiger partial charge is 0.493 e. The molecule has 0 radical (unpaired) electrons. The minimum atomic E-state index is -0.575. The molecule has 0 aliphatic heterocycles. The monoisotopic (exact) mass is 424 g/mol. The summed E-state index contributed by atoms with van der Waals surface area (Å²) in [5.41, 5.74) is 6.48. The first kappa shape index (κ1) is 21.4. The molecular weight excluding hydrogens is 404 g/mol. The zero-order valence-electron chi connectivity index (χ0n) is 16.8. The van der Waals surface area contributed by atoms with Gasteiger partial charge in [0.15, 0.2) is 18.1 Å². The molecule has 3 rings (SSSR count). The molecule has 0 saturated carbocycles. The van der Waals surface area contributed by atoms with Gasteiger partial charge in [0.1, 0.15) is 5.69 Å². The summed E-state index contributed by atoms with van der Waals surface area (Å²) in [5, 5.41) is 6.73. The number of esters is 1.